The van der Waals surface area contributed by atoms with Gasteiger partial charge in [-0.15, -0.1) is 0 Å². The van der Waals surface area contributed by atoms with Crippen LogP contribution in [0.2, 0.25) is 0 Å². The average Bonchev–Trinajstić information content (AvgIpc) is 3.19. The second-order valence-electron chi connectivity index (χ2n) is 5.09. The Morgan fingerprint density at radius 2 is 2.00 bits per heavy atom. The topological polar surface area (TPSA) is 41.1 Å². The lowest BCUT2D eigenvalue weighted by molar-refractivity contribution is -0.121. The fraction of sp³-hybridized carbons (Fsp3) is 0.533. The summed E-state index contributed by atoms with van der Waals surface area (Å²) in [4.78, 5) is 11.8. The number of amides is 1. The van der Waals surface area contributed by atoms with Crippen molar-refractivity contribution >= 4 is 5.91 Å². The number of rotatable bonds is 6. The molecule has 1 unspecified atom stereocenters. The summed E-state index contributed by atoms with van der Waals surface area (Å²) >= 11 is 0. The molecule has 1 aliphatic rings. The highest BCUT2D eigenvalue weighted by Gasteiger charge is 2.21. The third-order valence-corrected chi connectivity index (χ3v) is 3.35. The first-order chi connectivity index (χ1) is 8.69. The molecule has 0 saturated heterocycles. The summed E-state index contributed by atoms with van der Waals surface area (Å²) in [7, 11) is 0. The van der Waals surface area contributed by atoms with E-state index in [0.29, 0.717) is 12.6 Å². The minimum absolute atomic E-state index is 0.0920. The maximum absolute atomic E-state index is 11.8. The Bertz CT molecular complexity index is 395. The maximum atomic E-state index is 11.8. The largest absolute Gasteiger partial charge is 0.348 e. The van der Waals surface area contributed by atoms with Crippen LogP contribution in [0.4, 0.5) is 0 Å². The van der Waals surface area contributed by atoms with Crippen molar-refractivity contribution in [1.29, 1.82) is 0 Å². The van der Waals surface area contributed by atoms with E-state index in [9.17, 15) is 4.79 Å². The van der Waals surface area contributed by atoms with Crippen LogP contribution in [0.15, 0.2) is 24.3 Å². The Kier molecular flexibility index (Phi) is 4.37. The standard InChI is InChI=1S/C15H22N2O/c1-3-14(12-6-4-11(2)5-7-12)17-15(18)10-16-13-8-9-13/h4-7,13-14,16H,3,8-10H2,1-2H3,(H,17,18). The second-order valence-corrected chi connectivity index (χ2v) is 5.09. The van der Waals surface area contributed by atoms with Crippen LogP contribution in [0, 0.1) is 6.92 Å². The van der Waals surface area contributed by atoms with Crippen molar-refractivity contribution in [1.82, 2.24) is 10.6 Å². The zero-order valence-electron chi connectivity index (χ0n) is 11.2. The van der Waals surface area contributed by atoms with Gasteiger partial charge in [-0.2, -0.15) is 0 Å². The quantitative estimate of drug-likeness (QED) is 0.808. The number of nitrogens with one attached hydrogen (secondary N) is 2. The smallest absolute Gasteiger partial charge is 0.234 e. The number of hydrogen-bond donors (Lipinski definition) is 2. The van der Waals surface area contributed by atoms with E-state index in [0.717, 1.165) is 6.42 Å². The number of carbonyl (C=O) groups is 1. The minimum atomic E-state index is 0.0920. The predicted octanol–water partition coefficient (Wildman–Crippen LogP) is 2.31. The van der Waals surface area contributed by atoms with Gasteiger partial charge in [0, 0.05) is 6.04 Å². The summed E-state index contributed by atoms with van der Waals surface area (Å²) < 4.78 is 0. The molecule has 3 nitrogen and oxygen atoms in total. The molecule has 18 heavy (non-hydrogen) atoms. The summed E-state index contributed by atoms with van der Waals surface area (Å²) in [5.74, 6) is 0.0920. The molecular weight excluding hydrogens is 224 g/mol. The van der Waals surface area contributed by atoms with Gasteiger partial charge in [-0.1, -0.05) is 36.8 Å². The highest BCUT2D eigenvalue weighted by Crippen LogP contribution is 2.19. The van der Waals surface area contributed by atoms with Gasteiger partial charge in [0.15, 0.2) is 0 Å². The number of hydrogen-bond acceptors (Lipinski definition) is 2. The highest BCUT2D eigenvalue weighted by molar-refractivity contribution is 5.78. The molecule has 1 atom stereocenters. The van der Waals surface area contributed by atoms with Crippen LogP contribution in [-0.2, 0) is 4.79 Å². The summed E-state index contributed by atoms with van der Waals surface area (Å²) in [5, 5.41) is 6.32. The lowest BCUT2D eigenvalue weighted by Gasteiger charge is -2.18. The first-order valence-corrected chi connectivity index (χ1v) is 6.78. The lowest BCUT2D eigenvalue weighted by atomic mass is 10.0. The molecule has 1 aromatic rings. The molecule has 3 heteroatoms. The lowest BCUT2D eigenvalue weighted by Crippen LogP contribution is -2.36. The van der Waals surface area contributed by atoms with Crippen LogP contribution in [0.1, 0.15) is 43.4 Å². The van der Waals surface area contributed by atoms with Crippen molar-refractivity contribution in [3.63, 3.8) is 0 Å². The van der Waals surface area contributed by atoms with E-state index in [4.69, 9.17) is 0 Å². The SMILES string of the molecule is CCC(NC(=O)CNC1CC1)c1ccc(C)cc1. The van der Waals surface area contributed by atoms with Crippen LogP contribution in [-0.4, -0.2) is 18.5 Å². The average molecular weight is 246 g/mol. The van der Waals surface area contributed by atoms with Crippen molar-refractivity contribution < 1.29 is 4.79 Å². The van der Waals surface area contributed by atoms with Crippen LogP contribution in [0.25, 0.3) is 0 Å². The van der Waals surface area contributed by atoms with Crippen LogP contribution in [0.3, 0.4) is 0 Å². The van der Waals surface area contributed by atoms with E-state index in [1.54, 1.807) is 0 Å². The predicted molar refractivity (Wildman–Crippen MR) is 73.4 cm³/mol. The second kappa shape index (κ2) is 6.01. The third kappa shape index (κ3) is 3.84. The van der Waals surface area contributed by atoms with E-state index < -0.39 is 0 Å². The molecule has 0 aromatic heterocycles. The molecule has 2 N–H and O–H groups in total. The normalized spacial score (nSPS) is 16.3. The van der Waals surface area contributed by atoms with E-state index in [2.05, 4.69) is 48.7 Å². The Morgan fingerprint density at radius 3 is 2.56 bits per heavy atom. The van der Waals surface area contributed by atoms with E-state index in [-0.39, 0.29) is 11.9 Å². The number of benzene rings is 1. The molecular formula is C15H22N2O. The van der Waals surface area contributed by atoms with Gasteiger partial charge in [-0.25, -0.2) is 0 Å². The van der Waals surface area contributed by atoms with Crippen molar-refractivity contribution in [3.05, 3.63) is 35.4 Å². The molecule has 98 valence electrons. The molecule has 1 fully saturated rings. The van der Waals surface area contributed by atoms with E-state index >= 15 is 0 Å². The van der Waals surface area contributed by atoms with Gasteiger partial charge >= 0.3 is 0 Å². The molecule has 0 aliphatic heterocycles. The number of aryl methyl sites for hydroxylation is 1. The highest BCUT2D eigenvalue weighted by atomic mass is 16.2. The molecule has 2 rings (SSSR count). The van der Waals surface area contributed by atoms with Crippen LogP contribution in [0.5, 0.6) is 0 Å². The van der Waals surface area contributed by atoms with Gasteiger partial charge in [-0.05, 0) is 31.7 Å². The van der Waals surface area contributed by atoms with Crippen molar-refractivity contribution in [2.24, 2.45) is 0 Å². The van der Waals surface area contributed by atoms with Gasteiger partial charge in [0.1, 0.15) is 0 Å². The molecule has 1 saturated carbocycles. The monoisotopic (exact) mass is 246 g/mol. The van der Waals surface area contributed by atoms with Crippen molar-refractivity contribution in [2.75, 3.05) is 6.54 Å². The third-order valence-electron chi connectivity index (χ3n) is 3.35. The van der Waals surface area contributed by atoms with Crippen LogP contribution < -0.4 is 10.6 Å². The van der Waals surface area contributed by atoms with Gasteiger partial charge in [0.05, 0.1) is 12.6 Å². The molecule has 1 aliphatic carbocycles. The molecule has 0 radical (unpaired) electrons. The minimum Gasteiger partial charge on any atom is -0.348 e. The fourth-order valence-electron chi connectivity index (χ4n) is 1.99. The molecule has 1 amide bonds. The summed E-state index contributed by atoms with van der Waals surface area (Å²) in [6.07, 6.45) is 3.34. The van der Waals surface area contributed by atoms with Crippen molar-refractivity contribution in [2.45, 2.75) is 45.2 Å². The van der Waals surface area contributed by atoms with Gasteiger partial charge in [-0.3, -0.25) is 4.79 Å². The van der Waals surface area contributed by atoms with Gasteiger partial charge in [0.2, 0.25) is 5.91 Å². The molecule has 0 heterocycles. The first-order valence-electron chi connectivity index (χ1n) is 6.78. The first kappa shape index (κ1) is 13.1. The number of carbonyl (C=O) groups excluding carboxylic acids is 1. The summed E-state index contributed by atoms with van der Waals surface area (Å²) in [6.45, 7) is 4.61. The zero-order chi connectivity index (χ0) is 13.0. The molecule has 1 aromatic carbocycles. The zero-order valence-corrected chi connectivity index (χ0v) is 11.2. The fourth-order valence-corrected chi connectivity index (χ4v) is 1.99. The van der Waals surface area contributed by atoms with Gasteiger partial charge < -0.3 is 10.6 Å². The van der Waals surface area contributed by atoms with Gasteiger partial charge in [0.25, 0.3) is 0 Å². The molecule has 0 bridgehead atoms. The maximum Gasteiger partial charge on any atom is 0.234 e. The Labute approximate surface area is 109 Å². The molecule has 0 spiro atoms. The van der Waals surface area contributed by atoms with Crippen molar-refractivity contribution in [3.8, 4) is 0 Å². The Balaban J connectivity index is 1.87. The van der Waals surface area contributed by atoms with Crippen LogP contribution >= 0.6 is 0 Å². The summed E-state index contributed by atoms with van der Waals surface area (Å²) in [5.41, 5.74) is 2.43. The van der Waals surface area contributed by atoms with E-state index in [1.165, 1.54) is 24.0 Å². The Morgan fingerprint density at radius 1 is 1.33 bits per heavy atom. The van der Waals surface area contributed by atoms with E-state index in [1.807, 2.05) is 0 Å². The summed E-state index contributed by atoms with van der Waals surface area (Å²) in [6, 6.07) is 9.07. The Hall–Kier alpha value is -1.35.